The molecule has 1 atom stereocenters. The van der Waals surface area contributed by atoms with Crippen molar-refractivity contribution in [3.63, 3.8) is 0 Å². The average Bonchev–Trinajstić information content (AvgIpc) is 2.95. The number of nitrogens with zero attached hydrogens (tertiary/aromatic N) is 2. The van der Waals surface area contributed by atoms with E-state index in [0.29, 0.717) is 11.7 Å². The first-order valence-corrected chi connectivity index (χ1v) is 7.04. The van der Waals surface area contributed by atoms with E-state index in [9.17, 15) is 4.79 Å². The molecular formula is C12H19N3OS. The van der Waals surface area contributed by atoms with Gasteiger partial charge in [0.2, 0.25) is 0 Å². The lowest BCUT2D eigenvalue weighted by Gasteiger charge is -2.27. The zero-order valence-electron chi connectivity index (χ0n) is 10.4. The van der Waals surface area contributed by atoms with E-state index >= 15 is 0 Å². The summed E-state index contributed by atoms with van der Waals surface area (Å²) in [5.41, 5.74) is 0.604. The number of thiazole rings is 1. The fraction of sp³-hybridized carbons (Fsp3) is 0.667. The molecule has 1 fully saturated rings. The molecule has 1 aromatic heterocycles. The summed E-state index contributed by atoms with van der Waals surface area (Å²) >= 11 is 1.54. The van der Waals surface area contributed by atoms with Crippen LogP contribution in [0.15, 0.2) is 5.38 Å². The minimum Gasteiger partial charge on any atom is -0.333 e. The normalized spacial score (nSPS) is 19.5. The van der Waals surface area contributed by atoms with Gasteiger partial charge in [0, 0.05) is 24.5 Å². The smallest absolute Gasteiger partial charge is 0.273 e. The van der Waals surface area contributed by atoms with E-state index in [1.807, 2.05) is 17.2 Å². The highest BCUT2D eigenvalue weighted by Crippen LogP contribution is 2.16. The van der Waals surface area contributed by atoms with Crippen molar-refractivity contribution in [1.82, 2.24) is 15.2 Å². The largest absolute Gasteiger partial charge is 0.333 e. The third-order valence-electron chi connectivity index (χ3n) is 3.04. The highest BCUT2D eigenvalue weighted by atomic mass is 32.1. The van der Waals surface area contributed by atoms with E-state index in [0.717, 1.165) is 37.5 Å². The molecule has 0 aromatic carbocycles. The molecule has 1 aromatic rings. The van der Waals surface area contributed by atoms with Crippen molar-refractivity contribution < 1.29 is 4.79 Å². The maximum Gasteiger partial charge on any atom is 0.273 e. The van der Waals surface area contributed by atoms with Crippen LogP contribution >= 0.6 is 11.3 Å². The molecule has 1 unspecified atom stereocenters. The summed E-state index contributed by atoms with van der Waals surface area (Å²) in [4.78, 5) is 18.7. The van der Waals surface area contributed by atoms with Crippen LogP contribution < -0.4 is 5.32 Å². The predicted molar refractivity (Wildman–Crippen MR) is 69.5 cm³/mol. The summed E-state index contributed by atoms with van der Waals surface area (Å²) < 4.78 is 0. The molecule has 1 aliphatic heterocycles. The summed E-state index contributed by atoms with van der Waals surface area (Å²) in [6.07, 6.45) is 2.04. The number of hydrogen-bond acceptors (Lipinski definition) is 4. The number of nitrogens with one attached hydrogen (secondary N) is 1. The lowest BCUT2D eigenvalue weighted by molar-refractivity contribution is 0.0687. The Morgan fingerprint density at radius 3 is 3.06 bits per heavy atom. The molecule has 17 heavy (non-hydrogen) atoms. The number of aryl methyl sites for hydroxylation is 1. The van der Waals surface area contributed by atoms with Crippen LogP contribution in [0.1, 0.15) is 35.3 Å². The Hall–Kier alpha value is -0.940. The van der Waals surface area contributed by atoms with Crippen molar-refractivity contribution in [3.05, 3.63) is 16.1 Å². The molecule has 0 spiro atoms. The molecule has 2 heterocycles. The van der Waals surface area contributed by atoms with E-state index in [-0.39, 0.29) is 5.91 Å². The van der Waals surface area contributed by atoms with Gasteiger partial charge in [0.15, 0.2) is 0 Å². The molecule has 1 N–H and O–H groups in total. The predicted octanol–water partition coefficient (Wildman–Crippen LogP) is 1.67. The summed E-state index contributed by atoms with van der Waals surface area (Å²) in [5.74, 6) is 0.0879. The van der Waals surface area contributed by atoms with E-state index < -0.39 is 0 Å². The standard InChI is InChI=1S/C12H19N3OS/c1-3-6-15(10-4-5-13-7-10)12(16)11-8-17-9(2)14-11/h8,10,13H,3-7H2,1-2H3. The fourth-order valence-corrected chi connectivity index (χ4v) is 2.79. The molecule has 2 rings (SSSR count). The molecule has 1 amide bonds. The number of carbonyl (C=O) groups excluding carboxylic acids is 1. The lowest BCUT2D eigenvalue weighted by Crippen LogP contribution is -2.42. The first-order chi connectivity index (χ1) is 8.22. The minimum absolute atomic E-state index is 0.0879. The quantitative estimate of drug-likeness (QED) is 0.887. The van der Waals surface area contributed by atoms with Crippen molar-refractivity contribution >= 4 is 17.2 Å². The molecule has 0 radical (unpaired) electrons. The molecule has 0 saturated carbocycles. The summed E-state index contributed by atoms with van der Waals surface area (Å²) in [5, 5.41) is 6.13. The van der Waals surface area contributed by atoms with Gasteiger partial charge in [-0.3, -0.25) is 4.79 Å². The Kier molecular flexibility index (Phi) is 4.12. The van der Waals surface area contributed by atoms with Gasteiger partial charge < -0.3 is 10.2 Å². The van der Waals surface area contributed by atoms with Gasteiger partial charge in [0.25, 0.3) is 5.91 Å². The SMILES string of the molecule is CCCN(C(=O)c1csc(C)n1)C1CCNC1. The minimum atomic E-state index is 0.0879. The second-order valence-electron chi connectivity index (χ2n) is 4.40. The molecule has 1 saturated heterocycles. The van der Waals surface area contributed by atoms with Crippen LogP contribution in [-0.2, 0) is 0 Å². The maximum atomic E-state index is 12.4. The first-order valence-electron chi connectivity index (χ1n) is 6.16. The van der Waals surface area contributed by atoms with E-state index in [2.05, 4.69) is 17.2 Å². The summed E-state index contributed by atoms with van der Waals surface area (Å²) in [6.45, 7) is 6.78. The van der Waals surface area contributed by atoms with Crippen molar-refractivity contribution in [2.24, 2.45) is 0 Å². The molecule has 0 aliphatic carbocycles. The van der Waals surface area contributed by atoms with Crippen molar-refractivity contribution in [3.8, 4) is 0 Å². The van der Waals surface area contributed by atoms with Gasteiger partial charge in [-0.2, -0.15) is 0 Å². The Morgan fingerprint density at radius 2 is 2.53 bits per heavy atom. The number of aromatic nitrogens is 1. The monoisotopic (exact) mass is 253 g/mol. The first kappa shape index (κ1) is 12.5. The van der Waals surface area contributed by atoms with Gasteiger partial charge in [-0.1, -0.05) is 6.92 Å². The lowest BCUT2D eigenvalue weighted by atomic mass is 10.2. The van der Waals surface area contributed by atoms with Gasteiger partial charge in [0.05, 0.1) is 5.01 Å². The zero-order chi connectivity index (χ0) is 12.3. The second kappa shape index (κ2) is 5.60. The van der Waals surface area contributed by atoms with Gasteiger partial charge in [0.1, 0.15) is 5.69 Å². The number of rotatable bonds is 4. The molecule has 0 bridgehead atoms. The third kappa shape index (κ3) is 2.84. The summed E-state index contributed by atoms with van der Waals surface area (Å²) in [7, 11) is 0. The molecule has 1 aliphatic rings. The van der Waals surface area contributed by atoms with Crippen molar-refractivity contribution in [1.29, 1.82) is 0 Å². The molecule has 4 nitrogen and oxygen atoms in total. The molecule has 94 valence electrons. The Labute approximate surface area is 106 Å². The third-order valence-corrected chi connectivity index (χ3v) is 3.81. The Morgan fingerprint density at radius 1 is 1.71 bits per heavy atom. The van der Waals surface area contributed by atoms with Crippen molar-refractivity contribution in [2.75, 3.05) is 19.6 Å². The molecular weight excluding hydrogens is 234 g/mol. The van der Waals surface area contributed by atoms with Crippen LogP contribution in [0.2, 0.25) is 0 Å². The van der Waals surface area contributed by atoms with E-state index in [1.165, 1.54) is 11.3 Å². The van der Waals surface area contributed by atoms with Crippen LogP contribution in [-0.4, -0.2) is 41.5 Å². The second-order valence-corrected chi connectivity index (χ2v) is 5.46. The average molecular weight is 253 g/mol. The van der Waals surface area contributed by atoms with Crippen LogP contribution in [0.3, 0.4) is 0 Å². The topological polar surface area (TPSA) is 45.2 Å². The maximum absolute atomic E-state index is 12.4. The van der Waals surface area contributed by atoms with E-state index in [4.69, 9.17) is 0 Å². The highest BCUT2D eigenvalue weighted by Gasteiger charge is 2.27. The van der Waals surface area contributed by atoms with Gasteiger partial charge in [-0.05, 0) is 26.3 Å². The van der Waals surface area contributed by atoms with Crippen LogP contribution in [0.4, 0.5) is 0 Å². The van der Waals surface area contributed by atoms with Crippen LogP contribution in [0.25, 0.3) is 0 Å². The van der Waals surface area contributed by atoms with Crippen molar-refractivity contribution in [2.45, 2.75) is 32.7 Å². The van der Waals surface area contributed by atoms with Gasteiger partial charge >= 0.3 is 0 Å². The van der Waals surface area contributed by atoms with Crippen LogP contribution in [0.5, 0.6) is 0 Å². The number of hydrogen-bond donors (Lipinski definition) is 1. The van der Waals surface area contributed by atoms with E-state index in [1.54, 1.807) is 0 Å². The highest BCUT2D eigenvalue weighted by molar-refractivity contribution is 7.09. The molecule has 5 heteroatoms. The fourth-order valence-electron chi connectivity index (χ4n) is 2.21. The van der Waals surface area contributed by atoms with Gasteiger partial charge in [-0.25, -0.2) is 4.98 Å². The Balaban J connectivity index is 2.12. The van der Waals surface area contributed by atoms with Crippen LogP contribution in [0, 0.1) is 6.92 Å². The number of amides is 1. The Bertz CT molecular complexity index is 385. The number of carbonyl (C=O) groups is 1. The van der Waals surface area contributed by atoms with Gasteiger partial charge in [-0.15, -0.1) is 11.3 Å². The summed E-state index contributed by atoms with van der Waals surface area (Å²) in [6, 6.07) is 0.337. The zero-order valence-corrected chi connectivity index (χ0v) is 11.2.